The topological polar surface area (TPSA) is 129 Å². The molecule has 12 heteroatoms. The van der Waals surface area contributed by atoms with Crippen LogP contribution >= 0.6 is 11.6 Å². The Kier molecular flexibility index (Phi) is 7.34. The molecule has 0 fully saturated rings. The Labute approximate surface area is 197 Å². The predicted molar refractivity (Wildman–Crippen MR) is 130 cm³/mol. The molecule has 0 aliphatic rings. The average molecular weight is 490 g/mol. The number of amides is 1. The number of carbonyl (C=O) groups excluding carboxylic acids is 1. The van der Waals surface area contributed by atoms with Crippen LogP contribution in [0.2, 0.25) is 5.02 Å². The second-order valence-electron chi connectivity index (χ2n) is 7.19. The van der Waals surface area contributed by atoms with E-state index in [4.69, 9.17) is 11.6 Å². The van der Waals surface area contributed by atoms with Gasteiger partial charge < -0.3 is 16.0 Å². The summed E-state index contributed by atoms with van der Waals surface area (Å²) in [5, 5.41) is 9.12. The molecule has 0 saturated carbocycles. The van der Waals surface area contributed by atoms with Crippen LogP contribution in [0.4, 0.5) is 23.3 Å². The molecule has 0 radical (unpaired) electrons. The van der Waals surface area contributed by atoms with Gasteiger partial charge in [-0.25, -0.2) is 18.4 Å². The van der Waals surface area contributed by atoms with Gasteiger partial charge in [-0.2, -0.15) is 4.98 Å². The third-order valence-electron chi connectivity index (χ3n) is 4.82. The van der Waals surface area contributed by atoms with Crippen molar-refractivity contribution in [3.05, 3.63) is 64.4 Å². The number of sulfonamides is 1. The molecule has 10 nitrogen and oxygen atoms in total. The Balaban J connectivity index is 1.79. The molecule has 33 heavy (non-hydrogen) atoms. The molecular weight excluding hydrogens is 466 g/mol. The fourth-order valence-corrected chi connectivity index (χ4v) is 3.59. The Morgan fingerprint density at radius 3 is 2.64 bits per heavy atom. The summed E-state index contributed by atoms with van der Waals surface area (Å²) >= 11 is 6.26. The molecule has 0 spiro atoms. The molecule has 3 aromatic rings. The van der Waals surface area contributed by atoms with E-state index in [1.807, 2.05) is 6.92 Å². The maximum Gasteiger partial charge on any atom is 0.251 e. The van der Waals surface area contributed by atoms with Crippen LogP contribution in [0.5, 0.6) is 0 Å². The van der Waals surface area contributed by atoms with Crippen molar-refractivity contribution in [2.45, 2.75) is 13.5 Å². The number of hydrogen-bond acceptors (Lipinski definition) is 8. The largest absolute Gasteiger partial charge is 0.364 e. The zero-order valence-corrected chi connectivity index (χ0v) is 20.1. The first-order chi connectivity index (χ1) is 15.6. The summed E-state index contributed by atoms with van der Waals surface area (Å²) in [5.74, 6) is 0.806. The monoisotopic (exact) mass is 489 g/mol. The first-order valence-electron chi connectivity index (χ1n) is 9.84. The Morgan fingerprint density at radius 1 is 1.21 bits per heavy atom. The minimum absolute atomic E-state index is 0.171. The number of aryl methyl sites for hydroxylation is 1. The lowest BCUT2D eigenvalue weighted by Crippen LogP contribution is -2.27. The van der Waals surface area contributed by atoms with Crippen molar-refractivity contribution in [2.75, 3.05) is 35.3 Å². The van der Waals surface area contributed by atoms with Gasteiger partial charge in [0.1, 0.15) is 10.8 Å². The number of benzene rings is 1. The highest BCUT2D eigenvalue weighted by atomic mass is 35.5. The molecule has 174 valence electrons. The second kappa shape index (κ2) is 10.0. The maximum absolute atomic E-state index is 11.9. The van der Waals surface area contributed by atoms with Crippen molar-refractivity contribution in [2.24, 2.45) is 0 Å². The molecular formula is C21H24ClN7O3S. The molecule has 3 rings (SSSR count). The van der Waals surface area contributed by atoms with Crippen LogP contribution < -0.4 is 20.3 Å². The molecule has 0 unspecified atom stereocenters. The number of carbonyl (C=O) groups is 1. The van der Waals surface area contributed by atoms with Gasteiger partial charge in [0, 0.05) is 43.7 Å². The lowest BCUT2D eigenvalue weighted by molar-refractivity contribution is 0.0963. The molecule has 3 N–H and O–H groups in total. The molecule has 0 aliphatic carbocycles. The molecule has 2 aromatic heterocycles. The number of nitrogens with one attached hydrogen (secondary N) is 3. The first-order valence-corrected chi connectivity index (χ1v) is 12.1. The SMILES string of the molecule is CNC(=O)c1ccc(Nc2ncc(Cl)c(NCc3cccnc3N(C)S(C)(=O)=O)n2)c(C)c1. The Bertz CT molecular complexity index is 1280. The summed E-state index contributed by atoms with van der Waals surface area (Å²) in [6.45, 7) is 2.10. The normalized spacial score (nSPS) is 11.1. The van der Waals surface area contributed by atoms with Crippen molar-refractivity contribution >= 4 is 50.8 Å². The van der Waals surface area contributed by atoms with Crippen molar-refractivity contribution < 1.29 is 13.2 Å². The summed E-state index contributed by atoms with van der Waals surface area (Å²) in [7, 11) is -0.449. The zero-order valence-electron chi connectivity index (χ0n) is 18.5. The summed E-state index contributed by atoms with van der Waals surface area (Å²) < 4.78 is 25.0. The van der Waals surface area contributed by atoms with Crippen LogP contribution in [0.25, 0.3) is 0 Å². The van der Waals surface area contributed by atoms with Gasteiger partial charge in [-0.15, -0.1) is 0 Å². The number of nitrogens with zero attached hydrogens (tertiary/aromatic N) is 4. The highest BCUT2D eigenvalue weighted by Crippen LogP contribution is 2.25. The smallest absolute Gasteiger partial charge is 0.251 e. The summed E-state index contributed by atoms with van der Waals surface area (Å²) in [4.78, 5) is 24.6. The minimum Gasteiger partial charge on any atom is -0.364 e. The average Bonchev–Trinajstić information content (AvgIpc) is 2.79. The summed E-state index contributed by atoms with van der Waals surface area (Å²) in [6.07, 6.45) is 4.10. The number of halogens is 1. The molecule has 0 atom stereocenters. The van der Waals surface area contributed by atoms with Gasteiger partial charge in [-0.1, -0.05) is 17.7 Å². The number of aromatic nitrogens is 3. The van der Waals surface area contributed by atoms with Gasteiger partial charge in [0.25, 0.3) is 5.91 Å². The fraction of sp³-hybridized carbons (Fsp3) is 0.238. The highest BCUT2D eigenvalue weighted by molar-refractivity contribution is 7.92. The highest BCUT2D eigenvalue weighted by Gasteiger charge is 2.17. The van der Waals surface area contributed by atoms with E-state index in [-0.39, 0.29) is 12.5 Å². The van der Waals surface area contributed by atoms with Crippen LogP contribution in [-0.2, 0) is 16.6 Å². The van der Waals surface area contributed by atoms with Crippen molar-refractivity contribution in [3.8, 4) is 0 Å². The van der Waals surface area contributed by atoms with Gasteiger partial charge in [0.2, 0.25) is 16.0 Å². The van der Waals surface area contributed by atoms with E-state index in [0.717, 1.165) is 21.8 Å². The third kappa shape index (κ3) is 5.88. The molecule has 0 bridgehead atoms. The number of hydrogen-bond donors (Lipinski definition) is 3. The number of anilines is 4. The molecule has 0 saturated heterocycles. The quantitative estimate of drug-likeness (QED) is 0.440. The second-order valence-corrected chi connectivity index (χ2v) is 9.62. The van der Waals surface area contributed by atoms with Gasteiger partial charge >= 0.3 is 0 Å². The lowest BCUT2D eigenvalue weighted by atomic mass is 10.1. The van der Waals surface area contributed by atoms with E-state index in [9.17, 15) is 13.2 Å². The van der Waals surface area contributed by atoms with Crippen LogP contribution in [0.3, 0.4) is 0 Å². The zero-order chi connectivity index (χ0) is 24.2. The Morgan fingerprint density at radius 2 is 1.97 bits per heavy atom. The van der Waals surface area contributed by atoms with Gasteiger partial charge in [-0.05, 0) is 36.8 Å². The van der Waals surface area contributed by atoms with Crippen LogP contribution in [-0.4, -0.2) is 49.6 Å². The Hall–Kier alpha value is -3.44. The van der Waals surface area contributed by atoms with E-state index in [2.05, 4.69) is 30.9 Å². The molecule has 1 amide bonds. The van der Waals surface area contributed by atoms with Gasteiger partial charge in [0.05, 0.1) is 12.5 Å². The van der Waals surface area contributed by atoms with Crippen molar-refractivity contribution in [1.29, 1.82) is 0 Å². The molecule has 1 aromatic carbocycles. The third-order valence-corrected chi connectivity index (χ3v) is 6.26. The molecule has 0 aliphatic heterocycles. The van der Waals surface area contributed by atoms with Crippen LogP contribution in [0.1, 0.15) is 21.5 Å². The van der Waals surface area contributed by atoms with Gasteiger partial charge in [-0.3, -0.25) is 9.10 Å². The first kappa shape index (κ1) is 24.2. The van der Waals surface area contributed by atoms with E-state index in [1.54, 1.807) is 37.4 Å². The summed E-state index contributed by atoms with van der Waals surface area (Å²) in [6, 6.07) is 8.72. The predicted octanol–water partition coefficient (Wildman–Crippen LogP) is 2.94. The standard InChI is InChI=1S/C21H24ClN7O3S/c1-13-10-14(20(30)23-2)7-8-17(13)27-21-26-12-16(22)18(28-21)25-11-15-6-5-9-24-19(15)29(3)33(4,31)32/h5-10,12H,11H2,1-4H3,(H,23,30)(H2,25,26,27,28). The lowest BCUT2D eigenvalue weighted by Gasteiger charge is -2.19. The van der Waals surface area contributed by atoms with Crippen molar-refractivity contribution in [3.63, 3.8) is 0 Å². The van der Waals surface area contributed by atoms with Crippen LogP contribution in [0.15, 0.2) is 42.7 Å². The van der Waals surface area contributed by atoms with Crippen molar-refractivity contribution in [1.82, 2.24) is 20.3 Å². The van der Waals surface area contributed by atoms with E-state index in [1.165, 1.54) is 19.4 Å². The summed E-state index contributed by atoms with van der Waals surface area (Å²) in [5.41, 5.74) is 2.77. The minimum atomic E-state index is -3.47. The molecule has 2 heterocycles. The van der Waals surface area contributed by atoms with Gasteiger partial charge in [0.15, 0.2) is 5.82 Å². The van der Waals surface area contributed by atoms with Crippen LogP contribution in [0, 0.1) is 6.92 Å². The van der Waals surface area contributed by atoms with E-state index in [0.29, 0.717) is 33.7 Å². The van der Waals surface area contributed by atoms with E-state index < -0.39 is 10.0 Å². The fourth-order valence-electron chi connectivity index (χ4n) is 2.95. The number of pyridine rings is 1. The number of rotatable bonds is 8. The maximum atomic E-state index is 11.9. The van der Waals surface area contributed by atoms with E-state index >= 15 is 0 Å².